The first kappa shape index (κ1) is 10.4. The van der Waals surface area contributed by atoms with Crippen LogP contribution in [0, 0.1) is 12.3 Å². The summed E-state index contributed by atoms with van der Waals surface area (Å²) < 4.78 is 6.44. The highest BCUT2D eigenvalue weighted by Gasteiger charge is 2.11. The topological polar surface area (TPSA) is 31.2 Å². The number of carbonyl (C=O) groups is 1. The summed E-state index contributed by atoms with van der Waals surface area (Å²) in [6, 6.07) is 3.64. The largest absolute Gasteiger partial charge is 0.464 e. The van der Waals surface area contributed by atoms with Gasteiger partial charge in [-0.25, -0.2) is 4.79 Å². The first-order chi connectivity index (χ1) is 6.70. The van der Waals surface area contributed by atoms with Crippen molar-refractivity contribution >= 4 is 5.97 Å². The number of methoxy groups -OCH3 is 1. The summed E-state index contributed by atoms with van der Waals surface area (Å²) in [7, 11) is 3.20. The Morgan fingerprint density at radius 3 is 2.93 bits per heavy atom. The van der Waals surface area contributed by atoms with Gasteiger partial charge in [0.25, 0.3) is 0 Å². The SMILES string of the molecule is C#CCCc1ccc(C(=O)OC)n1C. The fourth-order valence-corrected chi connectivity index (χ4v) is 1.31. The third kappa shape index (κ3) is 1.97. The van der Waals surface area contributed by atoms with Crippen molar-refractivity contribution in [1.29, 1.82) is 0 Å². The van der Waals surface area contributed by atoms with Crippen LogP contribution in [0.5, 0.6) is 0 Å². The molecule has 14 heavy (non-hydrogen) atoms. The summed E-state index contributed by atoms with van der Waals surface area (Å²) in [6.07, 6.45) is 6.63. The van der Waals surface area contributed by atoms with Crippen molar-refractivity contribution in [3.8, 4) is 12.3 Å². The maximum Gasteiger partial charge on any atom is 0.354 e. The molecule has 74 valence electrons. The van der Waals surface area contributed by atoms with E-state index in [-0.39, 0.29) is 5.97 Å². The molecular weight excluding hydrogens is 178 g/mol. The molecule has 1 rings (SSSR count). The molecule has 0 aromatic carbocycles. The minimum absolute atomic E-state index is 0.320. The predicted molar refractivity (Wildman–Crippen MR) is 53.9 cm³/mol. The molecule has 0 unspecified atom stereocenters. The molecule has 0 aliphatic rings. The van der Waals surface area contributed by atoms with E-state index >= 15 is 0 Å². The second kappa shape index (κ2) is 4.52. The molecule has 1 aromatic heterocycles. The van der Waals surface area contributed by atoms with Crippen molar-refractivity contribution in [3.05, 3.63) is 23.5 Å². The Labute approximate surface area is 83.7 Å². The van der Waals surface area contributed by atoms with E-state index in [0.29, 0.717) is 12.1 Å². The van der Waals surface area contributed by atoms with E-state index in [1.807, 2.05) is 17.7 Å². The second-order valence-corrected chi connectivity index (χ2v) is 2.96. The van der Waals surface area contributed by atoms with Crippen molar-refractivity contribution in [3.63, 3.8) is 0 Å². The van der Waals surface area contributed by atoms with Crippen molar-refractivity contribution < 1.29 is 9.53 Å². The van der Waals surface area contributed by atoms with Crippen LogP contribution in [0.3, 0.4) is 0 Å². The quantitative estimate of drug-likeness (QED) is 0.534. The summed E-state index contributed by atoms with van der Waals surface area (Å²) in [6.45, 7) is 0. The molecular formula is C11H13NO2. The molecule has 0 aliphatic heterocycles. The van der Waals surface area contributed by atoms with Gasteiger partial charge in [0.05, 0.1) is 7.11 Å². The van der Waals surface area contributed by atoms with E-state index in [1.54, 1.807) is 6.07 Å². The van der Waals surface area contributed by atoms with Gasteiger partial charge in [0.1, 0.15) is 5.69 Å². The Kier molecular flexibility index (Phi) is 3.35. The Hall–Kier alpha value is -1.69. The van der Waals surface area contributed by atoms with Crippen molar-refractivity contribution in [2.75, 3.05) is 7.11 Å². The van der Waals surface area contributed by atoms with Gasteiger partial charge in [0.2, 0.25) is 0 Å². The molecule has 0 amide bonds. The Bertz CT molecular complexity index is 371. The zero-order valence-electron chi connectivity index (χ0n) is 8.41. The molecule has 0 bridgehead atoms. The average Bonchev–Trinajstić information content (AvgIpc) is 2.56. The molecule has 0 atom stereocenters. The highest BCUT2D eigenvalue weighted by atomic mass is 16.5. The Morgan fingerprint density at radius 1 is 1.64 bits per heavy atom. The lowest BCUT2D eigenvalue weighted by molar-refractivity contribution is 0.0589. The lowest BCUT2D eigenvalue weighted by Gasteiger charge is -2.04. The Balaban J connectivity index is 2.86. The third-order valence-corrected chi connectivity index (χ3v) is 2.15. The summed E-state index contributed by atoms with van der Waals surface area (Å²) in [4.78, 5) is 11.2. The number of esters is 1. The molecule has 3 nitrogen and oxygen atoms in total. The fourth-order valence-electron chi connectivity index (χ4n) is 1.31. The van der Waals surface area contributed by atoms with Gasteiger partial charge in [-0.15, -0.1) is 12.3 Å². The van der Waals surface area contributed by atoms with Crippen LogP contribution >= 0.6 is 0 Å². The molecule has 0 saturated carbocycles. The van der Waals surface area contributed by atoms with Gasteiger partial charge in [0, 0.05) is 19.2 Å². The highest BCUT2D eigenvalue weighted by molar-refractivity contribution is 5.87. The fraction of sp³-hybridized carbons (Fsp3) is 0.364. The van der Waals surface area contributed by atoms with Gasteiger partial charge >= 0.3 is 5.97 Å². The van der Waals surface area contributed by atoms with E-state index < -0.39 is 0 Å². The highest BCUT2D eigenvalue weighted by Crippen LogP contribution is 2.10. The van der Waals surface area contributed by atoms with Gasteiger partial charge in [-0.3, -0.25) is 0 Å². The van der Waals surface area contributed by atoms with E-state index in [1.165, 1.54) is 7.11 Å². The lowest BCUT2D eigenvalue weighted by atomic mass is 10.2. The van der Waals surface area contributed by atoms with E-state index in [2.05, 4.69) is 10.7 Å². The number of aromatic nitrogens is 1. The summed E-state index contributed by atoms with van der Waals surface area (Å²) in [5, 5.41) is 0. The van der Waals surface area contributed by atoms with E-state index in [4.69, 9.17) is 6.42 Å². The van der Waals surface area contributed by atoms with Gasteiger partial charge in [-0.05, 0) is 18.6 Å². The summed E-state index contributed by atoms with van der Waals surface area (Å²) in [5.41, 5.74) is 1.60. The van der Waals surface area contributed by atoms with Gasteiger partial charge in [-0.2, -0.15) is 0 Å². The number of carbonyl (C=O) groups excluding carboxylic acids is 1. The minimum Gasteiger partial charge on any atom is -0.464 e. The molecule has 0 spiro atoms. The zero-order chi connectivity index (χ0) is 10.6. The van der Waals surface area contributed by atoms with Gasteiger partial charge in [0.15, 0.2) is 0 Å². The maximum absolute atomic E-state index is 11.2. The molecule has 3 heteroatoms. The van der Waals surface area contributed by atoms with Crippen LogP contribution in [-0.4, -0.2) is 17.6 Å². The summed E-state index contributed by atoms with van der Waals surface area (Å²) >= 11 is 0. The molecule has 0 aliphatic carbocycles. The van der Waals surface area contributed by atoms with Crippen LogP contribution < -0.4 is 0 Å². The van der Waals surface area contributed by atoms with Gasteiger partial charge < -0.3 is 9.30 Å². The smallest absolute Gasteiger partial charge is 0.354 e. The average molecular weight is 191 g/mol. The van der Waals surface area contributed by atoms with Crippen LogP contribution in [0.1, 0.15) is 22.6 Å². The first-order valence-electron chi connectivity index (χ1n) is 4.37. The number of ether oxygens (including phenoxy) is 1. The number of rotatable bonds is 3. The zero-order valence-corrected chi connectivity index (χ0v) is 8.41. The normalized spacial score (nSPS) is 9.50. The Morgan fingerprint density at radius 2 is 2.36 bits per heavy atom. The number of terminal acetylenes is 1. The van der Waals surface area contributed by atoms with Crippen LogP contribution in [0.2, 0.25) is 0 Å². The predicted octanol–water partition coefficient (Wildman–Crippen LogP) is 1.38. The first-order valence-corrected chi connectivity index (χ1v) is 4.37. The molecule has 0 fully saturated rings. The molecule has 0 radical (unpaired) electrons. The number of hydrogen-bond donors (Lipinski definition) is 0. The minimum atomic E-state index is -0.320. The van der Waals surface area contributed by atoms with Crippen molar-refractivity contribution in [2.24, 2.45) is 7.05 Å². The second-order valence-electron chi connectivity index (χ2n) is 2.96. The molecule has 1 heterocycles. The molecule has 0 saturated heterocycles. The van der Waals surface area contributed by atoms with Crippen molar-refractivity contribution in [2.45, 2.75) is 12.8 Å². The monoisotopic (exact) mass is 191 g/mol. The summed E-state index contributed by atoms with van der Waals surface area (Å²) in [5.74, 6) is 2.25. The molecule has 0 N–H and O–H groups in total. The number of aryl methyl sites for hydroxylation is 1. The van der Waals surface area contributed by atoms with Crippen molar-refractivity contribution in [1.82, 2.24) is 4.57 Å². The molecule has 1 aromatic rings. The lowest BCUT2D eigenvalue weighted by Crippen LogP contribution is -2.09. The maximum atomic E-state index is 11.2. The third-order valence-electron chi connectivity index (χ3n) is 2.15. The number of hydrogen-bond acceptors (Lipinski definition) is 2. The van der Waals surface area contributed by atoms with Crippen LogP contribution in [0.15, 0.2) is 12.1 Å². The van der Waals surface area contributed by atoms with Crippen LogP contribution in [-0.2, 0) is 18.2 Å². The van der Waals surface area contributed by atoms with Gasteiger partial charge in [-0.1, -0.05) is 0 Å². The number of nitrogens with zero attached hydrogens (tertiary/aromatic N) is 1. The van der Waals surface area contributed by atoms with Crippen LogP contribution in [0.4, 0.5) is 0 Å². The van der Waals surface area contributed by atoms with E-state index in [9.17, 15) is 4.79 Å². The van der Waals surface area contributed by atoms with Crippen LogP contribution in [0.25, 0.3) is 0 Å². The standard InChI is InChI=1S/C11H13NO2/c1-4-5-6-9-7-8-10(12(9)2)11(13)14-3/h1,7-8H,5-6H2,2-3H3. The van der Waals surface area contributed by atoms with E-state index in [0.717, 1.165) is 12.1 Å².